The second-order valence-corrected chi connectivity index (χ2v) is 8.15. The first-order valence-electron chi connectivity index (χ1n) is 7.61. The van der Waals surface area contributed by atoms with Crippen LogP contribution in [0.4, 0.5) is 5.69 Å². The van der Waals surface area contributed by atoms with Gasteiger partial charge in [-0.2, -0.15) is 0 Å². The predicted molar refractivity (Wildman–Crippen MR) is 86.6 cm³/mol. The monoisotopic (exact) mass is 310 g/mol. The minimum Gasteiger partial charge on any atom is -0.398 e. The number of nitrogen functional groups attached to an aromatic ring is 1. The number of sulfonamides is 1. The molecule has 0 aliphatic heterocycles. The summed E-state index contributed by atoms with van der Waals surface area (Å²) in [6.07, 6.45) is 3.16. The molecule has 0 amide bonds. The highest BCUT2D eigenvalue weighted by Crippen LogP contribution is 2.31. The fourth-order valence-electron chi connectivity index (χ4n) is 3.14. The largest absolute Gasteiger partial charge is 0.398 e. The molecular weight excluding hydrogens is 284 g/mol. The van der Waals surface area contributed by atoms with Crippen molar-refractivity contribution in [1.29, 1.82) is 0 Å². The number of benzene rings is 1. The van der Waals surface area contributed by atoms with Gasteiger partial charge in [-0.15, -0.1) is 0 Å². The van der Waals surface area contributed by atoms with Gasteiger partial charge in [-0.1, -0.05) is 26.7 Å². The van der Waals surface area contributed by atoms with Crippen LogP contribution in [-0.2, 0) is 10.0 Å². The molecule has 5 heteroatoms. The second kappa shape index (κ2) is 5.97. The highest BCUT2D eigenvalue weighted by molar-refractivity contribution is 7.89. The van der Waals surface area contributed by atoms with Gasteiger partial charge in [-0.3, -0.25) is 0 Å². The third-order valence-corrected chi connectivity index (χ3v) is 6.46. The molecule has 1 fully saturated rings. The Morgan fingerprint density at radius 3 is 2.52 bits per heavy atom. The summed E-state index contributed by atoms with van der Waals surface area (Å²) in [5.74, 6) is 0.908. The van der Waals surface area contributed by atoms with E-state index in [1.165, 1.54) is 6.42 Å². The highest BCUT2D eigenvalue weighted by atomic mass is 32.2. The van der Waals surface area contributed by atoms with Gasteiger partial charge in [0.25, 0.3) is 0 Å². The van der Waals surface area contributed by atoms with Crippen LogP contribution in [0.1, 0.15) is 44.2 Å². The van der Waals surface area contributed by atoms with Crippen molar-refractivity contribution in [2.24, 2.45) is 11.8 Å². The molecule has 1 aliphatic carbocycles. The fourth-order valence-corrected chi connectivity index (χ4v) is 4.86. The third kappa shape index (κ3) is 3.40. The van der Waals surface area contributed by atoms with Crippen molar-refractivity contribution < 1.29 is 8.42 Å². The van der Waals surface area contributed by atoms with Crippen LogP contribution in [0.3, 0.4) is 0 Å². The van der Waals surface area contributed by atoms with Gasteiger partial charge in [0.15, 0.2) is 0 Å². The highest BCUT2D eigenvalue weighted by Gasteiger charge is 2.31. The maximum atomic E-state index is 12.7. The van der Waals surface area contributed by atoms with Crippen molar-refractivity contribution in [3.63, 3.8) is 0 Å². The summed E-state index contributed by atoms with van der Waals surface area (Å²) in [5.41, 5.74) is 7.93. The van der Waals surface area contributed by atoms with Crippen LogP contribution in [0.2, 0.25) is 0 Å². The van der Waals surface area contributed by atoms with E-state index < -0.39 is 10.0 Å². The molecule has 0 aromatic heterocycles. The number of hydrogen-bond acceptors (Lipinski definition) is 3. The normalized spacial score (nSPS) is 26.8. The molecule has 0 bridgehead atoms. The number of nitrogens with one attached hydrogen (secondary N) is 1. The van der Waals surface area contributed by atoms with Gasteiger partial charge < -0.3 is 5.73 Å². The Bertz CT molecular complexity index is 625. The van der Waals surface area contributed by atoms with Crippen molar-refractivity contribution in [3.8, 4) is 0 Å². The van der Waals surface area contributed by atoms with Crippen molar-refractivity contribution in [1.82, 2.24) is 4.72 Å². The van der Waals surface area contributed by atoms with Crippen molar-refractivity contribution in [3.05, 3.63) is 23.3 Å². The first-order valence-corrected chi connectivity index (χ1v) is 9.09. The number of aryl methyl sites for hydroxylation is 1. The maximum Gasteiger partial charge on any atom is 0.241 e. The van der Waals surface area contributed by atoms with E-state index in [-0.39, 0.29) is 6.04 Å². The lowest BCUT2D eigenvalue weighted by Crippen LogP contribution is -2.43. The summed E-state index contributed by atoms with van der Waals surface area (Å²) >= 11 is 0. The summed E-state index contributed by atoms with van der Waals surface area (Å²) in [4.78, 5) is 0.311. The van der Waals surface area contributed by atoms with Gasteiger partial charge in [-0.05, 0) is 55.4 Å². The molecule has 118 valence electrons. The molecule has 3 unspecified atom stereocenters. The smallest absolute Gasteiger partial charge is 0.241 e. The lowest BCUT2D eigenvalue weighted by molar-refractivity contribution is 0.227. The zero-order valence-electron chi connectivity index (χ0n) is 13.3. The van der Waals surface area contributed by atoms with E-state index in [4.69, 9.17) is 5.73 Å². The molecule has 3 N–H and O–H groups in total. The average molecular weight is 310 g/mol. The van der Waals surface area contributed by atoms with Gasteiger partial charge in [0.05, 0.1) is 4.90 Å². The molecule has 1 saturated carbocycles. The third-order valence-electron chi connectivity index (χ3n) is 4.85. The average Bonchev–Trinajstić information content (AvgIpc) is 2.39. The fraction of sp³-hybridized carbons (Fsp3) is 0.625. The van der Waals surface area contributed by atoms with E-state index in [9.17, 15) is 8.42 Å². The van der Waals surface area contributed by atoms with Crippen molar-refractivity contribution >= 4 is 15.7 Å². The molecule has 0 radical (unpaired) electrons. The summed E-state index contributed by atoms with van der Waals surface area (Å²) in [6.45, 7) is 7.95. The van der Waals surface area contributed by atoms with Crippen LogP contribution in [0.25, 0.3) is 0 Å². The van der Waals surface area contributed by atoms with Gasteiger partial charge in [0, 0.05) is 11.7 Å². The van der Waals surface area contributed by atoms with Crippen LogP contribution < -0.4 is 10.5 Å². The van der Waals surface area contributed by atoms with Crippen molar-refractivity contribution in [2.75, 3.05) is 5.73 Å². The Labute approximate surface area is 128 Å². The number of hydrogen-bond donors (Lipinski definition) is 2. The van der Waals surface area contributed by atoms with Gasteiger partial charge in [0.2, 0.25) is 10.0 Å². The zero-order chi connectivity index (χ0) is 15.8. The Morgan fingerprint density at radius 1 is 1.19 bits per heavy atom. The molecule has 0 spiro atoms. The van der Waals surface area contributed by atoms with Gasteiger partial charge >= 0.3 is 0 Å². The molecule has 3 atom stereocenters. The predicted octanol–water partition coefficient (Wildman–Crippen LogP) is 2.99. The number of nitrogens with two attached hydrogens (primary N) is 1. The molecule has 0 saturated heterocycles. The van der Waals surface area contributed by atoms with E-state index >= 15 is 0 Å². The Morgan fingerprint density at radius 2 is 1.86 bits per heavy atom. The number of anilines is 1. The summed E-state index contributed by atoms with van der Waals surface area (Å²) in [5, 5.41) is 0. The number of rotatable bonds is 3. The van der Waals surface area contributed by atoms with E-state index in [2.05, 4.69) is 18.6 Å². The minimum absolute atomic E-state index is 0.0138. The topological polar surface area (TPSA) is 72.2 Å². The van der Waals surface area contributed by atoms with Crippen LogP contribution >= 0.6 is 0 Å². The summed E-state index contributed by atoms with van der Waals surface area (Å²) < 4.78 is 28.3. The molecule has 4 nitrogen and oxygen atoms in total. The van der Waals surface area contributed by atoms with Crippen LogP contribution in [0, 0.1) is 25.7 Å². The molecular formula is C16H26N2O2S. The molecule has 21 heavy (non-hydrogen) atoms. The Balaban J connectivity index is 2.31. The first-order chi connectivity index (χ1) is 9.72. The van der Waals surface area contributed by atoms with E-state index in [0.717, 1.165) is 18.4 Å². The molecule has 2 rings (SSSR count). The maximum absolute atomic E-state index is 12.7. The quantitative estimate of drug-likeness (QED) is 0.843. The van der Waals surface area contributed by atoms with Crippen molar-refractivity contribution in [2.45, 2.75) is 57.9 Å². The Hall–Kier alpha value is -1.07. The molecule has 1 aromatic carbocycles. The minimum atomic E-state index is -3.52. The molecule has 1 aliphatic rings. The van der Waals surface area contributed by atoms with Gasteiger partial charge in [-0.25, -0.2) is 13.1 Å². The van der Waals surface area contributed by atoms with Crippen LogP contribution in [0.15, 0.2) is 17.0 Å². The molecule has 1 aromatic rings. The summed E-state index contributed by atoms with van der Waals surface area (Å²) in [7, 11) is -3.52. The van der Waals surface area contributed by atoms with Crippen LogP contribution in [0.5, 0.6) is 0 Å². The van der Waals surface area contributed by atoms with E-state index in [1.54, 1.807) is 19.1 Å². The second-order valence-electron chi connectivity index (χ2n) is 6.47. The van der Waals surface area contributed by atoms with Gasteiger partial charge in [0.1, 0.15) is 0 Å². The molecule has 0 heterocycles. The lowest BCUT2D eigenvalue weighted by atomic mass is 9.78. The zero-order valence-corrected chi connectivity index (χ0v) is 14.1. The standard InChI is InChI=1S/C16H26N2O2S/c1-10-8-14(17)13(4)16(9-10)21(19,20)18-15-7-5-6-11(2)12(15)3/h8-9,11-12,15,18H,5-7,17H2,1-4H3. The SMILES string of the molecule is Cc1cc(N)c(C)c(S(=O)(=O)NC2CCCC(C)C2C)c1. The Kier molecular flexibility index (Phi) is 4.63. The van der Waals surface area contributed by atoms with E-state index in [0.29, 0.717) is 28.0 Å². The first kappa shape index (κ1) is 16.3. The van der Waals surface area contributed by atoms with Crippen LogP contribution in [-0.4, -0.2) is 14.5 Å². The lowest BCUT2D eigenvalue weighted by Gasteiger charge is -2.34. The summed E-state index contributed by atoms with van der Waals surface area (Å²) in [6, 6.07) is 3.52. The van der Waals surface area contributed by atoms with E-state index in [1.807, 2.05) is 6.92 Å².